The number of nitrogens with zero attached hydrogens (tertiary/aromatic N) is 4. The predicted octanol–water partition coefficient (Wildman–Crippen LogP) is -2.37. The fourth-order valence-corrected chi connectivity index (χ4v) is 6.47. The summed E-state index contributed by atoms with van der Waals surface area (Å²) in [5, 5.41) is 102. The van der Waals surface area contributed by atoms with Gasteiger partial charge in [-0.3, -0.25) is 19.5 Å². The van der Waals surface area contributed by atoms with Crippen LogP contribution in [0.1, 0.15) is 59.4 Å². The van der Waals surface area contributed by atoms with Crippen LogP contribution in [0.4, 0.5) is 0 Å². The molecular weight excluding hydrogens is 818 g/mol. The van der Waals surface area contributed by atoms with E-state index in [1.54, 1.807) is 0 Å². The number of nitrogens with two attached hydrogens (primary N) is 2. The number of aliphatic hydroxyl groups is 10. The number of halogens is 1. The zero-order valence-corrected chi connectivity index (χ0v) is 34.6. The minimum absolute atomic E-state index is 0.0283. The Bertz CT molecular complexity index is 1780. The van der Waals surface area contributed by atoms with Crippen LogP contribution in [0.15, 0.2) is 59.7 Å². The molecule has 0 saturated heterocycles. The molecule has 61 heavy (non-hydrogen) atoms. The third kappa shape index (κ3) is 16.9. The molecule has 0 aliphatic rings. The van der Waals surface area contributed by atoms with Crippen molar-refractivity contribution < 1.29 is 60.7 Å². The van der Waals surface area contributed by atoms with E-state index < -0.39 is 68.0 Å². The second-order valence-corrected chi connectivity index (χ2v) is 15.2. The number of aliphatic imine (C=N–C) groups is 1. The van der Waals surface area contributed by atoms with Crippen LogP contribution in [-0.2, 0) is 17.6 Å². The Hall–Kier alpha value is -4.22. The number of aryl methyl sites for hydroxylation is 2. The molecule has 20 heteroatoms. The van der Waals surface area contributed by atoms with Crippen molar-refractivity contribution in [1.29, 1.82) is 0 Å². The molecule has 15 N–H and O–H groups in total. The Balaban J connectivity index is 1.41. The largest absolute Gasteiger partial charge is 0.394 e. The highest BCUT2D eigenvalue weighted by Gasteiger charge is 2.34. The molecule has 0 bridgehead atoms. The van der Waals surface area contributed by atoms with Crippen LogP contribution in [0.5, 0.6) is 0 Å². The van der Waals surface area contributed by atoms with Gasteiger partial charge in [0.25, 0.3) is 5.91 Å². The molecule has 2 amide bonds. The van der Waals surface area contributed by atoms with Gasteiger partial charge in [-0.1, -0.05) is 60.1 Å². The first-order valence-electron chi connectivity index (χ1n) is 20.0. The summed E-state index contributed by atoms with van der Waals surface area (Å²) in [5.41, 5.74) is 15.6. The number of primary amides is 1. The van der Waals surface area contributed by atoms with Crippen LogP contribution in [0.3, 0.4) is 0 Å². The van der Waals surface area contributed by atoms with E-state index in [1.807, 2.05) is 24.3 Å². The van der Waals surface area contributed by atoms with Gasteiger partial charge in [-0.05, 0) is 67.3 Å². The average molecular weight is 878 g/mol. The molecule has 0 spiro atoms. The van der Waals surface area contributed by atoms with Crippen LogP contribution in [0, 0.1) is 0 Å². The van der Waals surface area contributed by atoms with Crippen LogP contribution in [-0.4, -0.2) is 178 Å². The number of unbranched alkanes of at least 4 members (excludes halogenated alkanes) is 2. The number of carbonyl (C=O) groups is 2. The first-order chi connectivity index (χ1) is 29.1. The Morgan fingerprint density at radius 3 is 1.70 bits per heavy atom. The number of hydrogen-bond donors (Lipinski definition) is 13. The Morgan fingerprint density at radius 1 is 0.689 bits per heavy atom. The van der Waals surface area contributed by atoms with Crippen molar-refractivity contribution in [2.24, 2.45) is 16.5 Å². The monoisotopic (exact) mass is 877 g/mol. The molecule has 2 aromatic carbocycles. The van der Waals surface area contributed by atoms with Crippen molar-refractivity contribution in [3.05, 3.63) is 82.4 Å². The van der Waals surface area contributed by atoms with E-state index in [-0.39, 0.29) is 54.3 Å². The van der Waals surface area contributed by atoms with Gasteiger partial charge in [0, 0.05) is 32.6 Å². The number of amides is 2. The fourth-order valence-electron chi connectivity index (χ4n) is 6.33. The first-order valence-corrected chi connectivity index (χ1v) is 20.4. The zero-order valence-electron chi connectivity index (χ0n) is 33.8. The van der Waals surface area contributed by atoms with E-state index >= 15 is 0 Å². The lowest BCUT2D eigenvalue weighted by Crippen LogP contribution is -2.53. The first kappa shape index (κ1) is 51.1. The maximum absolute atomic E-state index is 12.6. The van der Waals surface area contributed by atoms with Gasteiger partial charge in [-0.2, -0.15) is 0 Å². The third-order valence-electron chi connectivity index (χ3n) is 10.0. The molecule has 0 radical (unpaired) electrons. The SMILES string of the molecule is NC(=O)c1nc(Cl)cnc1C(N)=NCCCCc1ccc(-c2ccc(CCC(=O)NCCCCN(C[C@H](O)[C@@H](O)[C@H](O)[C@H](O)CO)C[C@H](O)[C@@H](O)[C@H](O)[C@H](O)CO)cc2)cc1. The summed E-state index contributed by atoms with van der Waals surface area (Å²) < 4.78 is 0. The number of amidine groups is 1. The number of hydrogen-bond acceptors (Lipinski definition) is 16. The van der Waals surface area contributed by atoms with Gasteiger partial charge in [-0.25, -0.2) is 9.97 Å². The van der Waals surface area contributed by atoms with Gasteiger partial charge >= 0.3 is 0 Å². The topological polar surface area (TPSA) is 342 Å². The normalized spacial score (nSPS) is 16.0. The van der Waals surface area contributed by atoms with Crippen molar-refractivity contribution >= 4 is 29.3 Å². The van der Waals surface area contributed by atoms with E-state index in [2.05, 4.69) is 44.5 Å². The number of nitrogens with one attached hydrogen (secondary N) is 1. The molecule has 8 atom stereocenters. The third-order valence-corrected chi connectivity index (χ3v) is 10.2. The summed E-state index contributed by atoms with van der Waals surface area (Å²) in [5.74, 6) is -0.890. The van der Waals surface area contributed by atoms with E-state index in [0.717, 1.165) is 41.5 Å². The maximum atomic E-state index is 12.6. The second-order valence-electron chi connectivity index (χ2n) is 14.8. The molecule has 1 heterocycles. The summed E-state index contributed by atoms with van der Waals surface area (Å²) >= 11 is 5.80. The molecule has 0 aliphatic carbocycles. The quantitative estimate of drug-likeness (QED) is 0.0206. The van der Waals surface area contributed by atoms with Crippen molar-refractivity contribution in [3.8, 4) is 11.1 Å². The summed E-state index contributed by atoms with van der Waals surface area (Å²) in [6.45, 7) is -1.56. The number of aliphatic hydroxyl groups excluding tert-OH is 10. The molecule has 3 aromatic rings. The molecule has 3 rings (SSSR count). The van der Waals surface area contributed by atoms with Gasteiger partial charge in [0.15, 0.2) is 5.69 Å². The minimum Gasteiger partial charge on any atom is -0.394 e. The smallest absolute Gasteiger partial charge is 0.269 e. The Labute approximate surface area is 359 Å². The summed E-state index contributed by atoms with van der Waals surface area (Å²) in [4.78, 5) is 37.9. The van der Waals surface area contributed by atoms with Gasteiger partial charge in [0.05, 0.1) is 31.6 Å². The number of aromatic nitrogens is 2. The van der Waals surface area contributed by atoms with E-state index in [1.165, 1.54) is 11.1 Å². The second kappa shape index (κ2) is 26.3. The Kier molecular flexibility index (Phi) is 22.0. The van der Waals surface area contributed by atoms with Crippen molar-refractivity contribution in [2.45, 2.75) is 93.8 Å². The molecule has 1 aromatic heterocycles. The highest BCUT2D eigenvalue weighted by molar-refractivity contribution is 6.29. The lowest BCUT2D eigenvalue weighted by atomic mass is 9.99. The summed E-state index contributed by atoms with van der Waals surface area (Å²) in [6, 6.07) is 16.2. The number of rotatable bonds is 28. The molecular formula is C41H60ClN7O12. The lowest BCUT2D eigenvalue weighted by molar-refractivity contribution is -0.130. The van der Waals surface area contributed by atoms with Crippen LogP contribution in [0.25, 0.3) is 11.1 Å². The molecule has 0 unspecified atom stereocenters. The predicted molar refractivity (Wildman–Crippen MR) is 225 cm³/mol. The highest BCUT2D eigenvalue weighted by atomic mass is 35.5. The van der Waals surface area contributed by atoms with Crippen molar-refractivity contribution in [2.75, 3.05) is 45.9 Å². The molecule has 19 nitrogen and oxygen atoms in total. The van der Waals surface area contributed by atoms with Crippen LogP contribution >= 0.6 is 11.6 Å². The molecule has 0 saturated carbocycles. The Morgan fingerprint density at radius 2 is 1.20 bits per heavy atom. The van der Waals surface area contributed by atoms with Crippen molar-refractivity contribution in [1.82, 2.24) is 20.2 Å². The van der Waals surface area contributed by atoms with Crippen LogP contribution < -0.4 is 16.8 Å². The molecule has 0 aliphatic heterocycles. The van der Waals surface area contributed by atoms with E-state index in [4.69, 9.17) is 33.3 Å². The van der Waals surface area contributed by atoms with Gasteiger partial charge in [0.1, 0.15) is 53.3 Å². The standard InChI is InChI=1S/C41H60ClN7O12/c42-32-19-47-34(35(48-32)41(44)61)40(43)46-17-2-1-5-24-6-11-26(12-7-24)27-13-8-25(9-14-27)10-15-33(56)45-16-3-4-18-49(20-28(52)36(57)38(59)30(54)22-50)21-29(53)37(58)39(60)31(55)23-51/h6-9,11-14,19,28-31,36-39,50-55,57-60H,1-5,10,15-18,20-23H2,(H2,43,46)(H2,44,61)(H,45,56)/t28-,29-,30+,31+,36+,37+,38+,39+/m0/s1. The zero-order chi connectivity index (χ0) is 45.1. The average Bonchev–Trinajstić information content (AvgIpc) is 3.26. The number of carbonyl (C=O) groups excluding carboxylic acids is 2. The maximum Gasteiger partial charge on any atom is 0.269 e. The molecule has 338 valence electrons. The lowest BCUT2D eigenvalue weighted by Gasteiger charge is -2.33. The fraction of sp³-hybridized carbons (Fsp3) is 0.537. The van der Waals surface area contributed by atoms with Gasteiger partial charge < -0.3 is 67.8 Å². The van der Waals surface area contributed by atoms with Crippen molar-refractivity contribution in [3.63, 3.8) is 0 Å². The highest BCUT2D eigenvalue weighted by Crippen LogP contribution is 2.22. The molecule has 0 fully saturated rings. The number of benzene rings is 2. The van der Waals surface area contributed by atoms with Crippen LogP contribution in [0.2, 0.25) is 5.15 Å². The van der Waals surface area contributed by atoms with Gasteiger partial charge in [-0.15, -0.1) is 0 Å². The van der Waals surface area contributed by atoms with E-state index in [9.17, 15) is 50.4 Å². The van der Waals surface area contributed by atoms with Gasteiger partial charge in [0.2, 0.25) is 5.91 Å². The van der Waals surface area contributed by atoms with E-state index in [0.29, 0.717) is 32.4 Å². The minimum atomic E-state index is -1.88. The summed E-state index contributed by atoms with van der Waals surface area (Å²) in [6.07, 6.45) is -8.91. The summed E-state index contributed by atoms with van der Waals surface area (Å²) in [7, 11) is 0.